The number of furan rings is 1. The van der Waals surface area contributed by atoms with Gasteiger partial charge >= 0.3 is 0 Å². The van der Waals surface area contributed by atoms with E-state index in [-0.39, 0.29) is 0 Å². The van der Waals surface area contributed by atoms with Gasteiger partial charge in [-0.3, -0.25) is 0 Å². The first-order chi connectivity index (χ1) is 32.2. The van der Waals surface area contributed by atoms with Crippen LogP contribution in [0, 0.1) is 0 Å². The van der Waals surface area contributed by atoms with Crippen LogP contribution in [0.5, 0.6) is 0 Å². The van der Waals surface area contributed by atoms with Crippen molar-refractivity contribution in [3.05, 3.63) is 206 Å². The first-order valence-corrected chi connectivity index (χ1v) is 23.7. The molecule has 0 amide bonds. The molecule has 5 heterocycles. The number of aromatic nitrogens is 2. The van der Waals surface area contributed by atoms with Crippen molar-refractivity contribution in [3.63, 3.8) is 0 Å². The highest BCUT2D eigenvalue weighted by molar-refractivity contribution is 7.26. The summed E-state index contributed by atoms with van der Waals surface area (Å²) in [6, 6.07) is 76.0. The van der Waals surface area contributed by atoms with Crippen molar-refractivity contribution in [2.45, 2.75) is 0 Å². The Kier molecular flexibility index (Phi) is 7.26. The van der Waals surface area contributed by atoms with Gasteiger partial charge in [-0.1, -0.05) is 97.1 Å². The third-order valence-corrected chi connectivity index (χ3v) is 16.0. The molecule has 0 N–H and O–H groups in total. The minimum atomic E-state index is 0.899. The van der Waals surface area contributed by atoms with E-state index in [0.29, 0.717) is 0 Å². The van der Waals surface area contributed by atoms with Gasteiger partial charge in [-0.15, -0.1) is 22.7 Å². The zero-order valence-corrected chi connectivity index (χ0v) is 36.4. The standard InChI is InChI=1S/C60H34N2OS2/c1-5-13-51-41(9-1)42-10-2-6-14-52(42)61(51)39-21-27-59-49(33-39)47-31-37(19-25-57(47)64-59)35-17-23-55-45(29-35)46-30-36(18-24-56(46)63-55)38-20-26-58-48(32-38)50-34-40(22-28-60(50)65-58)62-53-15-7-3-11-43(53)44-12-4-8-16-54(44)62/h1-34H. The van der Waals surface area contributed by atoms with Crippen molar-refractivity contribution in [2.75, 3.05) is 0 Å². The number of fused-ring (bicyclic) bond motifs is 15. The molecule has 0 radical (unpaired) electrons. The number of nitrogens with zero attached hydrogens (tertiary/aromatic N) is 2. The fraction of sp³-hybridized carbons (Fsp3) is 0. The lowest BCUT2D eigenvalue weighted by Crippen LogP contribution is -1.93. The maximum Gasteiger partial charge on any atom is 0.135 e. The van der Waals surface area contributed by atoms with Gasteiger partial charge in [-0.25, -0.2) is 0 Å². The molecule has 15 aromatic rings. The zero-order chi connectivity index (χ0) is 42.3. The number of rotatable bonds is 4. The highest BCUT2D eigenvalue weighted by atomic mass is 32.1. The Balaban J connectivity index is 0.828. The monoisotopic (exact) mass is 862 g/mol. The number of para-hydroxylation sites is 4. The van der Waals surface area contributed by atoms with Crippen molar-refractivity contribution in [2.24, 2.45) is 0 Å². The van der Waals surface area contributed by atoms with Crippen LogP contribution in [0.2, 0.25) is 0 Å². The summed E-state index contributed by atoms with van der Waals surface area (Å²) in [5, 5.41) is 12.5. The normalized spacial score (nSPS) is 12.3. The lowest BCUT2D eigenvalue weighted by Gasteiger charge is -2.08. The lowest BCUT2D eigenvalue weighted by atomic mass is 9.98. The number of hydrogen-bond donors (Lipinski definition) is 0. The molecule has 0 aliphatic carbocycles. The van der Waals surface area contributed by atoms with E-state index in [1.807, 2.05) is 22.7 Å². The van der Waals surface area contributed by atoms with Crippen molar-refractivity contribution in [1.82, 2.24) is 9.13 Å². The van der Waals surface area contributed by atoms with E-state index >= 15 is 0 Å². The van der Waals surface area contributed by atoms with Crippen LogP contribution in [0.25, 0.3) is 140 Å². The first kappa shape index (κ1) is 35.5. The predicted molar refractivity (Wildman–Crippen MR) is 279 cm³/mol. The molecule has 0 saturated carbocycles. The summed E-state index contributed by atoms with van der Waals surface area (Å²) in [6.07, 6.45) is 0. The van der Waals surface area contributed by atoms with E-state index in [1.165, 1.54) is 118 Å². The molecule has 0 aliphatic rings. The molecular formula is C60H34N2OS2. The molecule has 5 heteroatoms. The number of thiophene rings is 2. The second-order valence-corrected chi connectivity index (χ2v) is 19.4. The summed E-state index contributed by atoms with van der Waals surface area (Å²) in [7, 11) is 0. The molecule has 302 valence electrons. The van der Waals surface area contributed by atoms with Crippen LogP contribution < -0.4 is 0 Å². The van der Waals surface area contributed by atoms with E-state index in [9.17, 15) is 0 Å². The largest absolute Gasteiger partial charge is 0.456 e. The van der Waals surface area contributed by atoms with Crippen molar-refractivity contribution >= 4 is 129 Å². The van der Waals surface area contributed by atoms with Crippen LogP contribution >= 0.6 is 22.7 Å². The second-order valence-electron chi connectivity index (χ2n) is 17.3. The Morgan fingerprint density at radius 1 is 0.262 bits per heavy atom. The van der Waals surface area contributed by atoms with Gasteiger partial charge in [0.2, 0.25) is 0 Å². The Bertz CT molecular complexity index is 4100. The minimum Gasteiger partial charge on any atom is -0.456 e. The van der Waals surface area contributed by atoms with E-state index in [2.05, 4.69) is 215 Å². The molecule has 10 aromatic carbocycles. The molecule has 0 spiro atoms. The SMILES string of the molecule is c1ccc2c(c1)c1ccccc1n2-c1ccc2sc3ccc(-c4ccc5oc6ccc(-c7ccc8sc9ccc(-n%10c%11ccccc%11c%11ccccc%11%10)cc9c8c7)cc6c5c4)cc3c2c1. The number of hydrogen-bond acceptors (Lipinski definition) is 3. The summed E-state index contributed by atoms with van der Waals surface area (Å²) in [5.41, 5.74) is 13.8. The third kappa shape index (κ3) is 5.16. The molecule has 0 bridgehead atoms. The second kappa shape index (κ2) is 13.3. The van der Waals surface area contributed by atoms with Gasteiger partial charge in [0, 0.05) is 84.0 Å². The molecule has 0 fully saturated rings. The van der Waals surface area contributed by atoms with E-state index in [0.717, 1.165) is 21.9 Å². The van der Waals surface area contributed by atoms with Crippen LogP contribution in [-0.4, -0.2) is 9.13 Å². The predicted octanol–water partition coefficient (Wildman–Crippen LogP) is 17.8. The molecule has 0 saturated heterocycles. The van der Waals surface area contributed by atoms with E-state index < -0.39 is 0 Å². The molecule has 5 aromatic heterocycles. The van der Waals surface area contributed by atoms with Gasteiger partial charge in [0.15, 0.2) is 0 Å². The average Bonchev–Trinajstić information content (AvgIpc) is 4.17. The van der Waals surface area contributed by atoms with Gasteiger partial charge in [0.05, 0.1) is 22.1 Å². The summed E-state index contributed by atoms with van der Waals surface area (Å²) >= 11 is 3.72. The maximum atomic E-state index is 6.48. The zero-order valence-electron chi connectivity index (χ0n) is 34.7. The highest BCUT2D eigenvalue weighted by Gasteiger charge is 2.17. The third-order valence-electron chi connectivity index (χ3n) is 13.7. The quantitative estimate of drug-likeness (QED) is 0.173. The lowest BCUT2D eigenvalue weighted by molar-refractivity contribution is 0.669. The van der Waals surface area contributed by atoms with Gasteiger partial charge in [-0.05, 0) is 131 Å². The molecular weight excluding hydrogens is 829 g/mol. The summed E-state index contributed by atoms with van der Waals surface area (Å²) in [6.45, 7) is 0. The van der Waals surface area contributed by atoms with Crippen molar-refractivity contribution in [1.29, 1.82) is 0 Å². The van der Waals surface area contributed by atoms with Gasteiger partial charge in [0.1, 0.15) is 11.2 Å². The van der Waals surface area contributed by atoms with Crippen molar-refractivity contribution in [3.8, 4) is 33.6 Å². The van der Waals surface area contributed by atoms with Crippen LogP contribution in [0.3, 0.4) is 0 Å². The Morgan fingerprint density at radius 2 is 0.569 bits per heavy atom. The Hall–Kier alpha value is -7.96. The highest BCUT2D eigenvalue weighted by Crippen LogP contribution is 2.43. The van der Waals surface area contributed by atoms with Crippen molar-refractivity contribution < 1.29 is 4.42 Å². The molecule has 0 aliphatic heterocycles. The maximum absolute atomic E-state index is 6.48. The van der Waals surface area contributed by atoms with Crippen LogP contribution in [0.15, 0.2) is 211 Å². The summed E-state index contributed by atoms with van der Waals surface area (Å²) in [4.78, 5) is 0. The fourth-order valence-corrected chi connectivity index (χ4v) is 12.8. The minimum absolute atomic E-state index is 0.899. The Morgan fingerprint density at radius 3 is 0.954 bits per heavy atom. The molecule has 65 heavy (non-hydrogen) atoms. The van der Waals surface area contributed by atoms with E-state index in [1.54, 1.807) is 0 Å². The van der Waals surface area contributed by atoms with Gasteiger partial charge in [-0.2, -0.15) is 0 Å². The first-order valence-electron chi connectivity index (χ1n) is 22.1. The Labute approximate surface area is 379 Å². The van der Waals surface area contributed by atoms with Crippen LogP contribution in [-0.2, 0) is 0 Å². The molecule has 15 rings (SSSR count). The molecule has 0 atom stereocenters. The smallest absolute Gasteiger partial charge is 0.135 e. The average molecular weight is 863 g/mol. The van der Waals surface area contributed by atoms with Gasteiger partial charge < -0.3 is 13.6 Å². The summed E-state index contributed by atoms with van der Waals surface area (Å²) in [5.74, 6) is 0. The summed E-state index contributed by atoms with van der Waals surface area (Å²) < 4.78 is 16.5. The van der Waals surface area contributed by atoms with Crippen LogP contribution in [0.4, 0.5) is 0 Å². The topological polar surface area (TPSA) is 23.0 Å². The number of benzene rings is 10. The fourth-order valence-electron chi connectivity index (χ4n) is 10.7. The molecule has 3 nitrogen and oxygen atoms in total. The molecule has 0 unspecified atom stereocenters. The van der Waals surface area contributed by atoms with Gasteiger partial charge in [0.25, 0.3) is 0 Å². The van der Waals surface area contributed by atoms with E-state index in [4.69, 9.17) is 4.42 Å². The van der Waals surface area contributed by atoms with Crippen LogP contribution in [0.1, 0.15) is 0 Å².